The molecule has 150 valence electrons. The second-order valence-electron chi connectivity index (χ2n) is 6.85. The molecular weight excluding hydrogens is 376 g/mol. The van der Waals surface area contributed by atoms with Crippen LogP contribution in [0, 0.1) is 0 Å². The molecule has 7 heteroatoms. The predicted octanol–water partition coefficient (Wildman–Crippen LogP) is 2.84. The highest BCUT2D eigenvalue weighted by molar-refractivity contribution is 7.89. The fourth-order valence-electron chi connectivity index (χ4n) is 3.35. The van der Waals surface area contributed by atoms with E-state index in [9.17, 15) is 13.2 Å². The molecular formula is C21H26N2O4S. The van der Waals surface area contributed by atoms with Crippen molar-refractivity contribution in [3.05, 3.63) is 59.7 Å². The van der Waals surface area contributed by atoms with Gasteiger partial charge in [-0.2, -0.15) is 0 Å². The molecule has 0 saturated carbocycles. The van der Waals surface area contributed by atoms with Gasteiger partial charge in [0, 0.05) is 19.6 Å². The first kappa shape index (κ1) is 20.4. The summed E-state index contributed by atoms with van der Waals surface area (Å²) in [6.45, 7) is 1.66. The van der Waals surface area contributed by atoms with Crippen molar-refractivity contribution in [3.8, 4) is 5.75 Å². The third kappa shape index (κ3) is 4.91. The van der Waals surface area contributed by atoms with Crippen LogP contribution < -0.4 is 9.46 Å². The van der Waals surface area contributed by atoms with Gasteiger partial charge in [-0.25, -0.2) is 13.1 Å². The molecule has 0 radical (unpaired) electrons. The van der Waals surface area contributed by atoms with Crippen LogP contribution in [0.3, 0.4) is 0 Å². The first-order chi connectivity index (χ1) is 13.5. The van der Waals surface area contributed by atoms with Crippen molar-refractivity contribution in [1.29, 1.82) is 0 Å². The lowest BCUT2D eigenvalue weighted by atomic mass is 10.1. The van der Waals surface area contributed by atoms with Gasteiger partial charge in [0.2, 0.25) is 10.0 Å². The second kappa shape index (κ2) is 9.21. The average Bonchev–Trinajstić information content (AvgIpc) is 2.74. The van der Waals surface area contributed by atoms with E-state index in [1.54, 1.807) is 11.0 Å². The Labute approximate surface area is 166 Å². The average molecular weight is 403 g/mol. The van der Waals surface area contributed by atoms with Gasteiger partial charge in [0.1, 0.15) is 5.75 Å². The van der Waals surface area contributed by atoms with Crippen molar-refractivity contribution in [1.82, 2.24) is 9.62 Å². The molecule has 2 aromatic carbocycles. The van der Waals surface area contributed by atoms with Gasteiger partial charge >= 0.3 is 0 Å². The molecule has 1 amide bonds. The van der Waals surface area contributed by atoms with E-state index in [0.29, 0.717) is 25.3 Å². The fraction of sp³-hybridized carbons (Fsp3) is 0.381. The molecule has 0 bridgehead atoms. The Morgan fingerprint density at radius 3 is 2.46 bits per heavy atom. The lowest BCUT2D eigenvalue weighted by Gasteiger charge is -2.27. The minimum atomic E-state index is -3.72. The van der Waals surface area contributed by atoms with E-state index in [1.165, 1.54) is 19.2 Å². The van der Waals surface area contributed by atoms with Gasteiger partial charge in [0.05, 0.1) is 17.6 Å². The minimum Gasteiger partial charge on any atom is -0.496 e. The van der Waals surface area contributed by atoms with Crippen molar-refractivity contribution in [2.24, 2.45) is 0 Å². The van der Waals surface area contributed by atoms with E-state index in [2.05, 4.69) is 4.72 Å². The normalized spacial score (nSPS) is 14.7. The molecule has 1 N–H and O–H groups in total. The largest absolute Gasteiger partial charge is 0.496 e. The fourth-order valence-corrected chi connectivity index (χ4v) is 4.40. The van der Waals surface area contributed by atoms with E-state index >= 15 is 0 Å². The molecule has 1 aliphatic rings. The van der Waals surface area contributed by atoms with Crippen LogP contribution in [0.1, 0.15) is 35.2 Å². The van der Waals surface area contributed by atoms with Gasteiger partial charge < -0.3 is 9.64 Å². The van der Waals surface area contributed by atoms with Gasteiger partial charge in [0.25, 0.3) is 5.91 Å². The molecule has 0 aromatic heterocycles. The molecule has 3 rings (SSSR count). The SMILES string of the molecule is COc1ccc(S(=O)(=O)NCCc2ccccc2)cc1C(=O)N1CCCCC1. The number of sulfonamides is 1. The van der Waals surface area contributed by atoms with Crippen molar-refractivity contribution in [3.63, 3.8) is 0 Å². The molecule has 28 heavy (non-hydrogen) atoms. The standard InChI is InChI=1S/C21H26N2O4S/c1-27-20-11-10-18(16-19(20)21(24)23-14-6-3-7-15-23)28(25,26)22-13-12-17-8-4-2-5-9-17/h2,4-5,8-11,16,22H,3,6-7,12-15H2,1H3. The molecule has 1 heterocycles. The number of hydrogen-bond acceptors (Lipinski definition) is 4. The van der Waals surface area contributed by atoms with Gasteiger partial charge in [-0.1, -0.05) is 30.3 Å². The zero-order valence-electron chi connectivity index (χ0n) is 16.1. The van der Waals surface area contributed by atoms with Crippen LogP contribution in [0.25, 0.3) is 0 Å². The number of carbonyl (C=O) groups is 1. The van der Waals surface area contributed by atoms with E-state index in [4.69, 9.17) is 4.74 Å². The Balaban J connectivity index is 1.76. The number of hydrogen-bond donors (Lipinski definition) is 1. The molecule has 1 aliphatic heterocycles. The number of likely N-dealkylation sites (tertiary alicyclic amines) is 1. The van der Waals surface area contributed by atoms with Crippen LogP contribution >= 0.6 is 0 Å². The summed E-state index contributed by atoms with van der Waals surface area (Å²) in [5, 5.41) is 0. The Hall–Kier alpha value is -2.38. The first-order valence-corrected chi connectivity index (χ1v) is 11.0. The van der Waals surface area contributed by atoms with Crippen molar-refractivity contribution < 1.29 is 17.9 Å². The quantitative estimate of drug-likeness (QED) is 0.773. The number of nitrogens with one attached hydrogen (secondary N) is 1. The molecule has 2 aromatic rings. The third-order valence-corrected chi connectivity index (χ3v) is 6.36. The predicted molar refractivity (Wildman–Crippen MR) is 108 cm³/mol. The number of amides is 1. The minimum absolute atomic E-state index is 0.0710. The molecule has 0 unspecified atom stereocenters. The molecule has 6 nitrogen and oxygen atoms in total. The highest BCUT2D eigenvalue weighted by Crippen LogP contribution is 2.25. The highest BCUT2D eigenvalue weighted by Gasteiger charge is 2.24. The highest BCUT2D eigenvalue weighted by atomic mass is 32.2. The summed E-state index contributed by atoms with van der Waals surface area (Å²) >= 11 is 0. The van der Waals surface area contributed by atoms with Crippen LogP contribution in [-0.2, 0) is 16.4 Å². The maximum absolute atomic E-state index is 12.9. The summed E-state index contributed by atoms with van der Waals surface area (Å²) in [4.78, 5) is 14.7. The molecule has 0 aliphatic carbocycles. The maximum atomic E-state index is 12.9. The van der Waals surface area contributed by atoms with Gasteiger partial charge in [-0.15, -0.1) is 0 Å². The maximum Gasteiger partial charge on any atom is 0.257 e. The van der Waals surface area contributed by atoms with Crippen LogP contribution in [0.15, 0.2) is 53.4 Å². The van der Waals surface area contributed by atoms with Crippen molar-refractivity contribution >= 4 is 15.9 Å². The monoisotopic (exact) mass is 402 g/mol. The van der Waals surface area contributed by atoms with Crippen LogP contribution in [0.4, 0.5) is 0 Å². The number of carbonyl (C=O) groups excluding carboxylic acids is 1. The summed E-state index contributed by atoms with van der Waals surface area (Å²) in [5.74, 6) is 0.205. The van der Waals surface area contributed by atoms with Crippen molar-refractivity contribution in [2.45, 2.75) is 30.6 Å². The Bertz CT molecular complexity index is 907. The number of rotatable bonds is 7. The third-order valence-electron chi connectivity index (χ3n) is 4.90. The van der Waals surface area contributed by atoms with Crippen molar-refractivity contribution in [2.75, 3.05) is 26.7 Å². The Morgan fingerprint density at radius 2 is 1.79 bits per heavy atom. The smallest absolute Gasteiger partial charge is 0.257 e. The van der Waals surface area contributed by atoms with Crippen LogP contribution in [0.2, 0.25) is 0 Å². The van der Waals surface area contributed by atoms with E-state index in [1.807, 2.05) is 30.3 Å². The van der Waals surface area contributed by atoms with Gasteiger partial charge in [-0.05, 0) is 49.4 Å². The Kier molecular flexibility index (Phi) is 6.70. The van der Waals surface area contributed by atoms with Gasteiger partial charge in [0.15, 0.2) is 0 Å². The number of nitrogens with zero attached hydrogens (tertiary/aromatic N) is 1. The zero-order valence-corrected chi connectivity index (χ0v) is 16.9. The summed E-state index contributed by atoms with van der Waals surface area (Å²) in [7, 11) is -2.24. The topological polar surface area (TPSA) is 75.7 Å². The molecule has 1 fully saturated rings. The van der Waals surface area contributed by atoms with E-state index < -0.39 is 10.0 Å². The van der Waals surface area contributed by atoms with E-state index in [0.717, 1.165) is 24.8 Å². The molecule has 1 saturated heterocycles. The molecule has 0 atom stereocenters. The molecule has 0 spiro atoms. The lowest BCUT2D eigenvalue weighted by molar-refractivity contribution is 0.0720. The summed E-state index contributed by atoms with van der Waals surface area (Å²) in [5.41, 5.74) is 1.34. The summed E-state index contributed by atoms with van der Waals surface area (Å²) in [6, 6.07) is 14.1. The second-order valence-corrected chi connectivity index (χ2v) is 8.62. The number of ether oxygens (including phenoxy) is 1. The van der Waals surface area contributed by atoms with Crippen LogP contribution in [-0.4, -0.2) is 46.0 Å². The lowest BCUT2D eigenvalue weighted by Crippen LogP contribution is -2.36. The number of benzene rings is 2. The zero-order chi connectivity index (χ0) is 20.0. The van der Waals surface area contributed by atoms with Gasteiger partial charge in [-0.3, -0.25) is 4.79 Å². The van der Waals surface area contributed by atoms with E-state index in [-0.39, 0.29) is 22.9 Å². The first-order valence-electron chi connectivity index (χ1n) is 9.52. The summed E-state index contributed by atoms with van der Waals surface area (Å²) < 4.78 is 33.3. The van der Waals surface area contributed by atoms with Crippen LogP contribution in [0.5, 0.6) is 5.75 Å². The number of piperidine rings is 1. The summed E-state index contributed by atoms with van der Waals surface area (Å²) in [6.07, 6.45) is 3.64. The Morgan fingerprint density at radius 1 is 1.07 bits per heavy atom. The number of methoxy groups -OCH3 is 1.